The van der Waals surface area contributed by atoms with E-state index in [1.54, 1.807) is 18.2 Å². The lowest BCUT2D eigenvalue weighted by Crippen LogP contribution is -2.42. The van der Waals surface area contributed by atoms with Gasteiger partial charge in [0.1, 0.15) is 11.2 Å². The Labute approximate surface area is 180 Å². The first-order valence-corrected chi connectivity index (χ1v) is 10.7. The SMILES string of the molecule is C[C@@H]1CCCCN1C(=O)c1ccccc1NC(=O)c1cccc2c1oc1ccccc12. The second kappa shape index (κ2) is 7.91. The fraction of sp³-hybridized carbons (Fsp3) is 0.231. The summed E-state index contributed by atoms with van der Waals surface area (Å²) >= 11 is 0. The van der Waals surface area contributed by atoms with E-state index in [1.165, 1.54) is 0 Å². The number of hydrogen-bond donors (Lipinski definition) is 1. The molecule has 4 aromatic rings. The predicted octanol–water partition coefficient (Wildman–Crippen LogP) is 5.85. The number of benzene rings is 3. The summed E-state index contributed by atoms with van der Waals surface area (Å²) in [6.45, 7) is 2.83. The van der Waals surface area contributed by atoms with E-state index in [1.807, 2.05) is 53.4 Å². The largest absolute Gasteiger partial charge is 0.455 e. The van der Waals surface area contributed by atoms with Gasteiger partial charge in [-0.2, -0.15) is 0 Å². The first-order valence-electron chi connectivity index (χ1n) is 10.7. The van der Waals surface area contributed by atoms with Crippen molar-refractivity contribution >= 4 is 39.4 Å². The van der Waals surface area contributed by atoms with Gasteiger partial charge in [0.25, 0.3) is 11.8 Å². The molecule has 5 rings (SSSR count). The average molecular weight is 412 g/mol. The second-order valence-corrected chi connectivity index (χ2v) is 8.12. The minimum absolute atomic E-state index is 0.0370. The Kier molecular flexibility index (Phi) is 4.94. The van der Waals surface area contributed by atoms with Crippen LogP contribution in [0.4, 0.5) is 5.69 Å². The van der Waals surface area contributed by atoms with Gasteiger partial charge in [-0.15, -0.1) is 0 Å². The Morgan fingerprint density at radius 3 is 2.52 bits per heavy atom. The molecule has 31 heavy (non-hydrogen) atoms. The lowest BCUT2D eigenvalue weighted by atomic mass is 10.0. The highest BCUT2D eigenvalue weighted by atomic mass is 16.3. The molecule has 5 nitrogen and oxygen atoms in total. The van der Waals surface area contributed by atoms with Gasteiger partial charge in [-0.05, 0) is 50.5 Å². The molecule has 1 atom stereocenters. The standard InChI is InChI=1S/C26H24N2O3/c1-17-9-6-7-16-28(17)26(30)20-11-2-4-14-22(20)27-25(29)21-13-8-12-19-18-10-3-5-15-23(18)31-24(19)21/h2-5,8,10-15,17H,6-7,9,16H2,1H3,(H,27,29)/t17-/m1/s1. The maximum Gasteiger partial charge on any atom is 0.259 e. The minimum atomic E-state index is -0.295. The summed E-state index contributed by atoms with van der Waals surface area (Å²) in [6, 6.07) is 20.7. The fourth-order valence-corrected chi connectivity index (χ4v) is 4.45. The van der Waals surface area contributed by atoms with Crippen LogP contribution in [0.15, 0.2) is 71.1 Å². The molecule has 1 aromatic heterocycles. The van der Waals surface area contributed by atoms with Crippen LogP contribution in [0.3, 0.4) is 0 Å². The fourth-order valence-electron chi connectivity index (χ4n) is 4.45. The van der Waals surface area contributed by atoms with E-state index < -0.39 is 0 Å². The normalized spacial score (nSPS) is 16.5. The molecule has 1 aliphatic heterocycles. The molecule has 156 valence electrons. The Balaban J connectivity index is 1.49. The van der Waals surface area contributed by atoms with Gasteiger partial charge in [-0.3, -0.25) is 9.59 Å². The molecule has 2 heterocycles. The number of carbonyl (C=O) groups is 2. The van der Waals surface area contributed by atoms with Crippen molar-refractivity contribution in [1.82, 2.24) is 4.90 Å². The van der Waals surface area contributed by atoms with Crippen molar-refractivity contribution in [3.63, 3.8) is 0 Å². The predicted molar refractivity (Wildman–Crippen MR) is 122 cm³/mol. The van der Waals surface area contributed by atoms with Crippen LogP contribution in [-0.2, 0) is 0 Å². The number of fused-ring (bicyclic) bond motifs is 3. The van der Waals surface area contributed by atoms with Crippen LogP contribution in [0, 0.1) is 0 Å². The number of rotatable bonds is 3. The highest BCUT2D eigenvalue weighted by molar-refractivity contribution is 6.17. The van der Waals surface area contributed by atoms with E-state index in [2.05, 4.69) is 12.2 Å². The molecule has 1 fully saturated rings. The van der Waals surface area contributed by atoms with E-state index in [-0.39, 0.29) is 17.9 Å². The summed E-state index contributed by atoms with van der Waals surface area (Å²) in [7, 11) is 0. The van der Waals surface area contributed by atoms with E-state index in [4.69, 9.17) is 4.42 Å². The molecule has 1 N–H and O–H groups in total. The molecule has 0 saturated carbocycles. The van der Waals surface area contributed by atoms with Crippen molar-refractivity contribution < 1.29 is 14.0 Å². The summed E-state index contributed by atoms with van der Waals surface area (Å²) in [5.74, 6) is -0.332. The summed E-state index contributed by atoms with van der Waals surface area (Å²) in [5, 5.41) is 4.82. The van der Waals surface area contributed by atoms with Crippen molar-refractivity contribution in [3.05, 3.63) is 77.9 Å². The number of hydrogen-bond acceptors (Lipinski definition) is 3. The van der Waals surface area contributed by atoms with Gasteiger partial charge in [-0.1, -0.05) is 42.5 Å². The lowest BCUT2D eigenvalue weighted by molar-refractivity contribution is 0.0636. The number of piperidine rings is 1. The van der Waals surface area contributed by atoms with Gasteiger partial charge in [-0.25, -0.2) is 0 Å². The van der Waals surface area contributed by atoms with Gasteiger partial charge >= 0.3 is 0 Å². The highest BCUT2D eigenvalue weighted by Gasteiger charge is 2.26. The maximum absolute atomic E-state index is 13.2. The molecule has 0 spiro atoms. The Morgan fingerprint density at radius 2 is 1.65 bits per heavy atom. The molecule has 2 amide bonds. The highest BCUT2D eigenvalue weighted by Crippen LogP contribution is 2.31. The van der Waals surface area contributed by atoms with Gasteiger partial charge in [0.2, 0.25) is 0 Å². The third-order valence-electron chi connectivity index (χ3n) is 6.12. The Hall–Kier alpha value is -3.60. The van der Waals surface area contributed by atoms with Gasteiger partial charge < -0.3 is 14.6 Å². The summed E-state index contributed by atoms with van der Waals surface area (Å²) in [5.41, 5.74) is 2.77. The average Bonchev–Trinajstić information content (AvgIpc) is 3.18. The zero-order valence-electron chi connectivity index (χ0n) is 17.4. The molecule has 1 saturated heterocycles. The zero-order valence-corrected chi connectivity index (χ0v) is 17.4. The second-order valence-electron chi connectivity index (χ2n) is 8.12. The van der Waals surface area contributed by atoms with Crippen molar-refractivity contribution in [2.24, 2.45) is 0 Å². The maximum atomic E-state index is 13.2. The summed E-state index contributed by atoms with van der Waals surface area (Å²) < 4.78 is 5.99. The molecule has 1 aliphatic rings. The van der Waals surface area contributed by atoms with Crippen molar-refractivity contribution in [2.45, 2.75) is 32.2 Å². The summed E-state index contributed by atoms with van der Waals surface area (Å²) in [6.07, 6.45) is 3.16. The molecule has 0 aliphatic carbocycles. The van der Waals surface area contributed by atoms with Gasteiger partial charge in [0.05, 0.1) is 16.8 Å². The molecular formula is C26H24N2O3. The molecule has 5 heteroatoms. The van der Waals surface area contributed by atoms with Crippen LogP contribution >= 0.6 is 0 Å². The van der Waals surface area contributed by atoms with Crippen molar-refractivity contribution in [2.75, 3.05) is 11.9 Å². The van der Waals surface area contributed by atoms with Crippen molar-refractivity contribution in [3.8, 4) is 0 Å². The van der Waals surface area contributed by atoms with Crippen LogP contribution < -0.4 is 5.32 Å². The first kappa shape index (κ1) is 19.4. The molecule has 3 aromatic carbocycles. The monoisotopic (exact) mass is 412 g/mol. The van der Waals surface area contributed by atoms with E-state index in [9.17, 15) is 9.59 Å². The number of nitrogens with zero attached hydrogens (tertiary/aromatic N) is 1. The number of nitrogens with one attached hydrogen (secondary N) is 1. The zero-order chi connectivity index (χ0) is 21.4. The van der Waals surface area contributed by atoms with Crippen LogP contribution in [0.2, 0.25) is 0 Å². The van der Waals surface area contributed by atoms with E-state index >= 15 is 0 Å². The number of likely N-dealkylation sites (tertiary alicyclic amines) is 1. The Bertz CT molecular complexity index is 1290. The van der Waals surface area contributed by atoms with Gasteiger partial charge in [0, 0.05) is 23.4 Å². The number of carbonyl (C=O) groups excluding carboxylic acids is 2. The molecular weight excluding hydrogens is 388 g/mol. The van der Waals surface area contributed by atoms with Crippen LogP contribution in [0.1, 0.15) is 46.9 Å². The van der Waals surface area contributed by atoms with Gasteiger partial charge in [0.15, 0.2) is 0 Å². The minimum Gasteiger partial charge on any atom is -0.455 e. The first-order chi connectivity index (χ1) is 15.1. The molecule has 0 unspecified atom stereocenters. The third kappa shape index (κ3) is 3.46. The number of amides is 2. The molecule has 0 bridgehead atoms. The quantitative estimate of drug-likeness (QED) is 0.459. The Morgan fingerprint density at radius 1 is 0.903 bits per heavy atom. The third-order valence-corrected chi connectivity index (χ3v) is 6.12. The number of para-hydroxylation sites is 3. The summed E-state index contributed by atoms with van der Waals surface area (Å²) in [4.78, 5) is 28.4. The topological polar surface area (TPSA) is 62.6 Å². The lowest BCUT2D eigenvalue weighted by Gasteiger charge is -2.33. The van der Waals surface area contributed by atoms with Crippen LogP contribution in [0.5, 0.6) is 0 Å². The van der Waals surface area contributed by atoms with Crippen molar-refractivity contribution in [1.29, 1.82) is 0 Å². The smallest absolute Gasteiger partial charge is 0.259 e. The van der Waals surface area contributed by atoms with E-state index in [0.29, 0.717) is 22.4 Å². The number of furan rings is 1. The molecule has 0 radical (unpaired) electrons. The number of anilines is 1. The van der Waals surface area contributed by atoms with E-state index in [0.717, 1.165) is 42.2 Å². The van der Waals surface area contributed by atoms with Crippen LogP contribution in [0.25, 0.3) is 21.9 Å². The van der Waals surface area contributed by atoms with Crippen LogP contribution in [-0.4, -0.2) is 29.3 Å².